The number of methoxy groups -OCH3 is 1. The van der Waals surface area contributed by atoms with Crippen molar-refractivity contribution < 1.29 is 18.6 Å². The van der Waals surface area contributed by atoms with E-state index in [2.05, 4.69) is 0 Å². The summed E-state index contributed by atoms with van der Waals surface area (Å²) in [4.78, 5) is 0. The molecule has 0 bridgehead atoms. The van der Waals surface area contributed by atoms with Gasteiger partial charge in [-0.1, -0.05) is 6.07 Å². The fourth-order valence-corrected chi connectivity index (χ4v) is 1.59. The van der Waals surface area contributed by atoms with Gasteiger partial charge in [-0.15, -0.1) is 0 Å². The van der Waals surface area contributed by atoms with Gasteiger partial charge < -0.3 is 19.9 Å². The lowest BCUT2D eigenvalue weighted by molar-refractivity contribution is 0.0805. The van der Waals surface area contributed by atoms with Gasteiger partial charge in [0.05, 0.1) is 6.61 Å². The summed E-state index contributed by atoms with van der Waals surface area (Å²) in [5.74, 6) is 0.149. The lowest BCUT2D eigenvalue weighted by atomic mass is 10.1. The zero-order valence-corrected chi connectivity index (χ0v) is 11.5. The highest BCUT2D eigenvalue weighted by molar-refractivity contribution is 5.30. The maximum Gasteiger partial charge on any atom is 0.131 e. The molecule has 1 atom stereocenters. The number of nitrogens with two attached hydrogens (primary N) is 1. The monoisotopic (exact) mass is 271 g/mol. The van der Waals surface area contributed by atoms with Crippen molar-refractivity contribution in [1.82, 2.24) is 0 Å². The van der Waals surface area contributed by atoms with E-state index in [1.54, 1.807) is 26.2 Å². The molecule has 1 rings (SSSR count). The third-order valence-electron chi connectivity index (χ3n) is 2.60. The average Bonchev–Trinajstić information content (AvgIpc) is 2.37. The van der Waals surface area contributed by atoms with E-state index in [4.69, 9.17) is 19.9 Å². The van der Waals surface area contributed by atoms with Crippen LogP contribution in [0.2, 0.25) is 0 Å². The Balaban J connectivity index is 2.25. The topological polar surface area (TPSA) is 53.7 Å². The van der Waals surface area contributed by atoms with E-state index in [9.17, 15) is 4.39 Å². The molecular formula is C14H22FNO3. The number of hydrogen-bond acceptors (Lipinski definition) is 4. The first-order chi connectivity index (χ1) is 9.15. The summed E-state index contributed by atoms with van der Waals surface area (Å²) < 4.78 is 29.2. The van der Waals surface area contributed by atoms with Crippen LogP contribution in [0.5, 0.6) is 5.75 Å². The van der Waals surface area contributed by atoms with Crippen LogP contribution in [0.25, 0.3) is 0 Å². The van der Waals surface area contributed by atoms with Gasteiger partial charge in [0.2, 0.25) is 0 Å². The minimum absolute atomic E-state index is 0.321. The first-order valence-corrected chi connectivity index (χ1v) is 6.39. The lowest BCUT2D eigenvalue weighted by Gasteiger charge is -2.10. The van der Waals surface area contributed by atoms with Gasteiger partial charge in [0.15, 0.2) is 0 Å². The van der Waals surface area contributed by atoms with Gasteiger partial charge in [0, 0.05) is 38.0 Å². The smallest absolute Gasteiger partial charge is 0.131 e. The summed E-state index contributed by atoms with van der Waals surface area (Å²) in [5, 5.41) is 0. The second kappa shape index (κ2) is 8.85. The number of hydrogen-bond donors (Lipinski definition) is 1. The van der Waals surface area contributed by atoms with Gasteiger partial charge in [-0.2, -0.15) is 0 Å². The normalized spacial score (nSPS) is 12.4. The van der Waals surface area contributed by atoms with Crippen LogP contribution >= 0.6 is 0 Å². The largest absolute Gasteiger partial charge is 0.491 e. The fourth-order valence-electron chi connectivity index (χ4n) is 1.59. The van der Waals surface area contributed by atoms with Gasteiger partial charge in [0.25, 0.3) is 0 Å². The number of rotatable bonds is 9. The summed E-state index contributed by atoms with van der Waals surface area (Å²) in [7, 11) is 1.66. The molecule has 0 saturated heterocycles. The SMILES string of the molecule is COCCCOCCOc1ccc([C@@H](C)N)c(F)c1. The maximum absolute atomic E-state index is 13.6. The van der Waals surface area contributed by atoms with Crippen molar-refractivity contribution in [3.05, 3.63) is 29.6 Å². The molecule has 0 saturated carbocycles. The van der Waals surface area contributed by atoms with Crippen molar-refractivity contribution >= 4 is 0 Å². The van der Waals surface area contributed by atoms with Gasteiger partial charge in [-0.05, 0) is 19.4 Å². The fraction of sp³-hybridized carbons (Fsp3) is 0.571. The van der Waals surface area contributed by atoms with Crippen LogP contribution < -0.4 is 10.5 Å². The molecule has 0 amide bonds. The molecule has 0 radical (unpaired) electrons. The molecular weight excluding hydrogens is 249 g/mol. The third kappa shape index (κ3) is 6.00. The Morgan fingerprint density at radius 2 is 2.00 bits per heavy atom. The molecule has 5 heteroatoms. The summed E-state index contributed by atoms with van der Waals surface area (Å²) in [6.07, 6.45) is 0.855. The van der Waals surface area contributed by atoms with Gasteiger partial charge in [-0.25, -0.2) is 4.39 Å². The molecule has 108 valence electrons. The Hall–Kier alpha value is -1.17. The Labute approximate surface area is 113 Å². The molecule has 1 aromatic rings. The predicted octanol–water partition coefficient (Wildman–Crippen LogP) is 2.28. The van der Waals surface area contributed by atoms with Crippen molar-refractivity contribution in [2.75, 3.05) is 33.5 Å². The van der Waals surface area contributed by atoms with Crippen LogP contribution in [0.1, 0.15) is 24.9 Å². The van der Waals surface area contributed by atoms with E-state index in [0.29, 0.717) is 37.7 Å². The number of ether oxygens (including phenoxy) is 3. The molecule has 1 aromatic carbocycles. The van der Waals surface area contributed by atoms with E-state index in [1.807, 2.05) is 0 Å². The van der Waals surface area contributed by atoms with Crippen LogP contribution in [0.3, 0.4) is 0 Å². The van der Waals surface area contributed by atoms with E-state index < -0.39 is 0 Å². The zero-order chi connectivity index (χ0) is 14.1. The Bertz CT molecular complexity index is 372. The zero-order valence-electron chi connectivity index (χ0n) is 11.5. The second-order valence-electron chi connectivity index (χ2n) is 4.28. The lowest BCUT2D eigenvalue weighted by Crippen LogP contribution is -2.10. The number of benzene rings is 1. The van der Waals surface area contributed by atoms with Crippen LogP contribution in [-0.4, -0.2) is 33.5 Å². The molecule has 2 N–H and O–H groups in total. The average molecular weight is 271 g/mol. The summed E-state index contributed by atoms with van der Waals surface area (Å²) in [6, 6.07) is 4.39. The van der Waals surface area contributed by atoms with Gasteiger partial charge >= 0.3 is 0 Å². The molecule has 0 aliphatic heterocycles. The molecule has 0 aliphatic carbocycles. The van der Waals surface area contributed by atoms with Crippen molar-refractivity contribution in [3.63, 3.8) is 0 Å². The van der Waals surface area contributed by atoms with Crippen LogP contribution in [-0.2, 0) is 9.47 Å². The van der Waals surface area contributed by atoms with Crippen molar-refractivity contribution in [1.29, 1.82) is 0 Å². The van der Waals surface area contributed by atoms with Crippen LogP contribution in [0.4, 0.5) is 4.39 Å². The van der Waals surface area contributed by atoms with E-state index >= 15 is 0 Å². The summed E-state index contributed by atoms with van der Waals surface area (Å²) >= 11 is 0. The summed E-state index contributed by atoms with van der Waals surface area (Å²) in [5.41, 5.74) is 6.12. The highest BCUT2D eigenvalue weighted by Crippen LogP contribution is 2.20. The first kappa shape index (κ1) is 15.9. The van der Waals surface area contributed by atoms with Crippen LogP contribution in [0, 0.1) is 5.82 Å². The maximum atomic E-state index is 13.6. The van der Waals surface area contributed by atoms with E-state index in [0.717, 1.165) is 6.42 Å². The number of halogens is 1. The van der Waals surface area contributed by atoms with E-state index in [-0.39, 0.29) is 11.9 Å². The highest BCUT2D eigenvalue weighted by atomic mass is 19.1. The molecule has 0 aliphatic rings. The second-order valence-corrected chi connectivity index (χ2v) is 4.28. The summed E-state index contributed by atoms with van der Waals surface area (Å²) in [6.45, 7) is 3.93. The predicted molar refractivity (Wildman–Crippen MR) is 71.8 cm³/mol. The molecule has 0 unspecified atom stereocenters. The molecule has 0 spiro atoms. The first-order valence-electron chi connectivity index (χ1n) is 6.39. The van der Waals surface area contributed by atoms with Crippen molar-refractivity contribution in [3.8, 4) is 5.75 Å². The highest BCUT2D eigenvalue weighted by Gasteiger charge is 2.07. The molecule has 0 fully saturated rings. The Kier molecular flexibility index (Phi) is 7.40. The molecule has 4 nitrogen and oxygen atoms in total. The Morgan fingerprint density at radius 1 is 1.21 bits per heavy atom. The van der Waals surface area contributed by atoms with Gasteiger partial charge in [-0.3, -0.25) is 0 Å². The third-order valence-corrected chi connectivity index (χ3v) is 2.60. The molecule has 0 heterocycles. The minimum Gasteiger partial charge on any atom is -0.491 e. The minimum atomic E-state index is -0.339. The quantitative estimate of drug-likeness (QED) is 0.700. The van der Waals surface area contributed by atoms with Crippen molar-refractivity contribution in [2.45, 2.75) is 19.4 Å². The molecule has 0 aromatic heterocycles. The Morgan fingerprint density at radius 3 is 2.63 bits per heavy atom. The molecule has 19 heavy (non-hydrogen) atoms. The standard InChI is InChI=1S/C14H22FNO3/c1-11(16)13-5-4-12(10-14(13)15)19-9-8-18-7-3-6-17-2/h4-5,10-11H,3,6-9,16H2,1-2H3/t11-/m1/s1. The van der Waals surface area contributed by atoms with Gasteiger partial charge in [0.1, 0.15) is 18.2 Å². The van der Waals surface area contributed by atoms with E-state index in [1.165, 1.54) is 6.07 Å². The van der Waals surface area contributed by atoms with Crippen LogP contribution in [0.15, 0.2) is 18.2 Å². The van der Waals surface area contributed by atoms with Crippen molar-refractivity contribution in [2.24, 2.45) is 5.73 Å².